The van der Waals surface area contributed by atoms with E-state index in [1.165, 1.54) is 0 Å². The van der Waals surface area contributed by atoms with E-state index in [9.17, 15) is 0 Å². The van der Waals surface area contributed by atoms with Crippen LogP contribution in [0, 0.1) is 0 Å². The molecular formula is C14H17ClN4. The Labute approximate surface area is 118 Å². The molecule has 19 heavy (non-hydrogen) atoms. The average molecular weight is 277 g/mol. The van der Waals surface area contributed by atoms with Crippen LogP contribution in [0.2, 0.25) is 5.02 Å². The molecule has 0 bridgehead atoms. The van der Waals surface area contributed by atoms with Crippen LogP contribution in [0.1, 0.15) is 30.5 Å². The molecule has 1 atom stereocenters. The van der Waals surface area contributed by atoms with Crippen molar-refractivity contribution in [3.8, 4) is 0 Å². The molecule has 2 rings (SSSR count). The third-order valence-electron chi connectivity index (χ3n) is 2.90. The molecule has 0 aliphatic rings. The van der Waals surface area contributed by atoms with Crippen LogP contribution in [0.15, 0.2) is 37.2 Å². The van der Waals surface area contributed by atoms with Gasteiger partial charge in [0.05, 0.1) is 5.02 Å². The molecule has 1 N–H and O–H groups in total. The monoisotopic (exact) mass is 276 g/mol. The molecule has 0 fully saturated rings. The molecule has 0 aromatic carbocycles. The highest BCUT2D eigenvalue weighted by atomic mass is 35.5. The van der Waals surface area contributed by atoms with E-state index in [0.29, 0.717) is 5.02 Å². The van der Waals surface area contributed by atoms with Crippen molar-refractivity contribution in [1.29, 1.82) is 0 Å². The maximum absolute atomic E-state index is 6.17. The summed E-state index contributed by atoms with van der Waals surface area (Å²) < 4.78 is 0. The molecule has 0 aliphatic carbocycles. The van der Waals surface area contributed by atoms with Gasteiger partial charge in [0.1, 0.15) is 6.33 Å². The van der Waals surface area contributed by atoms with E-state index in [0.717, 1.165) is 30.5 Å². The average Bonchev–Trinajstić information content (AvgIpc) is 2.46. The molecule has 1 unspecified atom stereocenters. The van der Waals surface area contributed by atoms with E-state index in [2.05, 4.69) is 27.2 Å². The second-order valence-electron chi connectivity index (χ2n) is 4.35. The summed E-state index contributed by atoms with van der Waals surface area (Å²) in [5, 5.41) is 4.20. The highest BCUT2D eigenvalue weighted by molar-refractivity contribution is 6.31. The standard InChI is InChI=1S/C14H17ClN4/c1-2-4-19-14(12-7-17-10-18-8-12)6-11-3-5-16-9-13(11)15/h3,5,7-10,14,19H,2,4,6H2,1H3. The fourth-order valence-electron chi connectivity index (χ4n) is 1.91. The first-order valence-corrected chi connectivity index (χ1v) is 6.75. The summed E-state index contributed by atoms with van der Waals surface area (Å²) in [4.78, 5) is 12.2. The van der Waals surface area contributed by atoms with Crippen molar-refractivity contribution in [3.05, 3.63) is 53.3 Å². The molecule has 0 radical (unpaired) electrons. The third-order valence-corrected chi connectivity index (χ3v) is 3.24. The fourth-order valence-corrected chi connectivity index (χ4v) is 2.10. The van der Waals surface area contributed by atoms with E-state index in [1.54, 1.807) is 18.7 Å². The molecule has 0 aliphatic heterocycles. The SMILES string of the molecule is CCCNC(Cc1ccncc1Cl)c1cncnc1. The lowest BCUT2D eigenvalue weighted by molar-refractivity contribution is 0.526. The maximum Gasteiger partial charge on any atom is 0.115 e. The van der Waals surface area contributed by atoms with Gasteiger partial charge in [-0.1, -0.05) is 18.5 Å². The van der Waals surface area contributed by atoms with Crippen molar-refractivity contribution in [2.75, 3.05) is 6.54 Å². The second-order valence-corrected chi connectivity index (χ2v) is 4.76. The van der Waals surface area contributed by atoms with Crippen molar-refractivity contribution in [3.63, 3.8) is 0 Å². The first-order chi connectivity index (χ1) is 9.31. The third kappa shape index (κ3) is 3.98. The van der Waals surface area contributed by atoms with Crippen molar-refractivity contribution < 1.29 is 0 Å². The minimum Gasteiger partial charge on any atom is -0.310 e. The Morgan fingerprint density at radius 2 is 2.00 bits per heavy atom. The molecule has 4 nitrogen and oxygen atoms in total. The quantitative estimate of drug-likeness (QED) is 0.881. The van der Waals surface area contributed by atoms with Crippen LogP contribution >= 0.6 is 11.6 Å². The predicted octanol–water partition coefficient (Wildman–Crippen LogP) is 2.81. The van der Waals surface area contributed by atoms with Gasteiger partial charge in [0, 0.05) is 36.4 Å². The van der Waals surface area contributed by atoms with Crippen LogP contribution < -0.4 is 5.32 Å². The summed E-state index contributed by atoms with van der Waals surface area (Å²) >= 11 is 6.17. The Bertz CT molecular complexity index is 504. The van der Waals surface area contributed by atoms with E-state index in [1.807, 2.05) is 18.5 Å². The Morgan fingerprint density at radius 3 is 2.68 bits per heavy atom. The summed E-state index contributed by atoms with van der Waals surface area (Å²) in [6, 6.07) is 2.12. The van der Waals surface area contributed by atoms with Crippen molar-refractivity contribution in [2.45, 2.75) is 25.8 Å². The number of halogens is 1. The molecule has 2 aromatic rings. The number of rotatable bonds is 6. The summed E-state index contributed by atoms with van der Waals surface area (Å²) in [6.07, 6.45) is 10.5. The number of aromatic nitrogens is 3. The highest BCUT2D eigenvalue weighted by Gasteiger charge is 2.13. The summed E-state index contributed by atoms with van der Waals surface area (Å²) in [6.45, 7) is 3.09. The van der Waals surface area contributed by atoms with Gasteiger partial charge < -0.3 is 5.32 Å². The minimum absolute atomic E-state index is 0.168. The molecule has 2 heterocycles. The minimum atomic E-state index is 0.168. The highest BCUT2D eigenvalue weighted by Crippen LogP contribution is 2.22. The van der Waals surface area contributed by atoms with Crippen molar-refractivity contribution >= 4 is 11.6 Å². The summed E-state index contributed by atoms with van der Waals surface area (Å²) in [5.74, 6) is 0. The Hall–Kier alpha value is -1.52. The van der Waals surface area contributed by atoms with Crippen LogP contribution in [0.3, 0.4) is 0 Å². The normalized spacial score (nSPS) is 12.3. The molecule has 0 spiro atoms. The number of hydrogen-bond acceptors (Lipinski definition) is 4. The molecule has 0 saturated heterocycles. The molecule has 100 valence electrons. The van der Waals surface area contributed by atoms with Gasteiger partial charge in [0.15, 0.2) is 0 Å². The molecular weight excluding hydrogens is 260 g/mol. The van der Waals surface area contributed by atoms with E-state index in [-0.39, 0.29) is 6.04 Å². The van der Waals surface area contributed by atoms with Gasteiger partial charge in [-0.3, -0.25) is 4.98 Å². The van der Waals surface area contributed by atoms with Gasteiger partial charge in [0.2, 0.25) is 0 Å². The van der Waals surface area contributed by atoms with Gasteiger partial charge in [0.25, 0.3) is 0 Å². The first kappa shape index (κ1) is 13.9. The lowest BCUT2D eigenvalue weighted by atomic mass is 10.0. The van der Waals surface area contributed by atoms with Gasteiger partial charge in [-0.05, 0) is 31.0 Å². The molecule has 2 aromatic heterocycles. The predicted molar refractivity (Wildman–Crippen MR) is 76.0 cm³/mol. The summed E-state index contributed by atoms with van der Waals surface area (Å²) in [5.41, 5.74) is 2.15. The van der Waals surface area contributed by atoms with Gasteiger partial charge in [-0.2, -0.15) is 0 Å². The van der Waals surface area contributed by atoms with Crippen LogP contribution in [0.5, 0.6) is 0 Å². The van der Waals surface area contributed by atoms with Gasteiger partial charge in [-0.25, -0.2) is 9.97 Å². The first-order valence-electron chi connectivity index (χ1n) is 6.38. The van der Waals surface area contributed by atoms with Crippen molar-refractivity contribution in [2.24, 2.45) is 0 Å². The number of nitrogens with zero attached hydrogens (tertiary/aromatic N) is 3. The van der Waals surface area contributed by atoms with Gasteiger partial charge in [-0.15, -0.1) is 0 Å². The van der Waals surface area contributed by atoms with Crippen LogP contribution in [-0.2, 0) is 6.42 Å². The fraction of sp³-hybridized carbons (Fsp3) is 0.357. The molecule has 0 amide bonds. The van der Waals surface area contributed by atoms with Crippen LogP contribution in [-0.4, -0.2) is 21.5 Å². The lowest BCUT2D eigenvalue weighted by Crippen LogP contribution is -2.24. The maximum atomic E-state index is 6.17. The topological polar surface area (TPSA) is 50.7 Å². The van der Waals surface area contributed by atoms with Crippen LogP contribution in [0.25, 0.3) is 0 Å². The number of pyridine rings is 1. The van der Waals surface area contributed by atoms with E-state index < -0.39 is 0 Å². The molecule has 5 heteroatoms. The Kier molecular flexibility index (Phi) is 5.24. The van der Waals surface area contributed by atoms with Gasteiger partial charge >= 0.3 is 0 Å². The van der Waals surface area contributed by atoms with Crippen molar-refractivity contribution in [1.82, 2.24) is 20.3 Å². The zero-order valence-electron chi connectivity index (χ0n) is 10.9. The zero-order chi connectivity index (χ0) is 13.5. The van der Waals surface area contributed by atoms with Crippen LogP contribution in [0.4, 0.5) is 0 Å². The molecule has 0 saturated carbocycles. The number of nitrogens with one attached hydrogen (secondary N) is 1. The zero-order valence-corrected chi connectivity index (χ0v) is 11.6. The van der Waals surface area contributed by atoms with E-state index >= 15 is 0 Å². The lowest BCUT2D eigenvalue weighted by Gasteiger charge is -2.18. The van der Waals surface area contributed by atoms with E-state index in [4.69, 9.17) is 11.6 Å². The second kappa shape index (κ2) is 7.16. The smallest absolute Gasteiger partial charge is 0.115 e. The Morgan fingerprint density at radius 1 is 1.21 bits per heavy atom. The Balaban J connectivity index is 2.17. The largest absolute Gasteiger partial charge is 0.310 e. The summed E-state index contributed by atoms with van der Waals surface area (Å²) in [7, 11) is 0. The number of hydrogen-bond donors (Lipinski definition) is 1.